The Bertz CT molecular complexity index is 400. The Morgan fingerprint density at radius 1 is 1.05 bits per heavy atom. The summed E-state index contributed by atoms with van der Waals surface area (Å²) in [7, 11) is -1.43. The highest BCUT2D eigenvalue weighted by molar-refractivity contribution is 14.1. The highest BCUT2D eigenvalue weighted by Crippen LogP contribution is 2.27. The molecule has 0 heterocycles. The average molecular weight is 390 g/mol. The first-order valence-corrected chi connectivity index (χ1v) is 11.5. The van der Waals surface area contributed by atoms with Gasteiger partial charge in [0.05, 0.1) is 0 Å². The molecule has 0 saturated heterocycles. The summed E-state index contributed by atoms with van der Waals surface area (Å²) >= 11 is 2.31. The lowest BCUT2D eigenvalue weighted by molar-refractivity contribution is 0.0640. The predicted molar refractivity (Wildman–Crippen MR) is 90.3 cm³/mol. The van der Waals surface area contributed by atoms with Gasteiger partial charge in [-0.2, -0.15) is 0 Å². The predicted octanol–water partition coefficient (Wildman–Crippen LogP) is 4.83. The molecular formula is C15H23IO2Si. The van der Waals surface area contributed by atoms with Crippen LogP contribution in [0.4, 0.5) is 0 Å². The van der Waals surface area contributed by atoms with Gasteiger partial charge in [0.15, 0.2) is 8.32 Å². The van der Waals surface area contributed by atoms with Crippen LogP contribution in [0.2, 0.25) is 19.6 Å². The van der Waals surface area contributed by atoms with Crippen molar-refractivity contribution < 1.29 is 9.16 Å². The van der Waals surface area contributed by atoms with Gasteiger partial charge in [-0.05, 0) is 85.8 Å². The van der Waals surface area contributed by atoms with Crippen LogP contribution in [0, 0.1) is 3.57 Å². The lowest BCUT2D eigenvalue weighted by atomic mass is 9.95. The van der Waals surface area contributed by atoms with Crippen molar-refractivity contribution in [2.45, 2.75) is 57.5 Å². The molecule has 0 N–H and O–H groups in total. The second kappa shape index (κ2) is 6.59. The van der Waals surface area contributed by atoms with E-state index < -0.39 is 8.32 Å². The third kappa shape index (κ3) is 5.43. The SMILES string of the molecule is C[Si](C)(C)OC1CCC[C@@H](Oc2ccc(I)cc2)C1. The molecule has 0 radical (unpaired) electrons. The Labute approximate surface area is 131 Å². The van der Waals surface area contributed by atoms with Gasteiger partial charge < -0.3 is 9.16 Å². The molecule has 1 aliphatic rings. The van der Waals surface area contributed by atoms with E-state index in [-0.39, 0.29) is 0 Å². The van der Waals surface area contributed by atoms with Crippen LogP contribution in [-0.4, -0.2) is 20.5 Å². The smallest absolute Gasteiger partial charge is 0.184 e. The Morgan fingerprint density at radius 3 is 2.32 bits per heavy atom. The highest BCUT2D eigenvalue weighted by Gasteiger charge is 2.28. The number of halogens is 1. The van der Waals surface area contributed by atoms with E-state index in [1.54, 1.807) is 0 Å². The Balaban J connectivity index is 1.89. The van der Waals surface area contributed by atoms with Gasteiger partial charge >= 0.3 is 0 Å². The normalized spacial score (nSPS) is 24.2. The number of benzene rings is 1. The third-order valence-electron chi connectivity index (χ3n) is 3.21. The van der Waals surface area contributed by atoms with Crippen LogP contribution < -0.4 is 4.74 Å². The van der Waals surface area contributed by atoms with Gasteiger partial charge in [0.25, 0.3) is 0 Å². The van der Waals surface area contributed by atoms with E-state index >= 15 is 0 Å². The second-order valence-corrected chi connectivity index (χ2v) is 11.9. The zero-order valence-electron chi connectivity index (χ0n) is 12.0. The molecule has 106 valence electrons. The summed E-state index contributed by atoms with van der Waals surface area (Å²) < 4.78 is 13.6. The summed E-state index contributed by atoms with van der Waals surface area (Å²) in [6.45, 7) is 6.78. The van der Waals surface area contributed by atoms with E-state index in [2.05, 4.69) is 66.5 Å². The molecular weight excluding hydrogens is 367 g/mol. The molecule has 1 saturated carbocycles. The van der Waals surface area contributed by atoms with E-state index in [9.17, 15) is 0 Å². The molecule has 0 aromatic heterocycles. The molecule has 0 spiro atoms. The molecule has 2 rings (SSSR count). The fourth-order valence-electron chi connectivity index (χ4n) is 2.52. The molecule has 0 amide bonds. The number of rotatable bonds is 4. The minimum atomic E-state index is -1.43. The molecule has 1 aromatic rings. The van der Waals surface area contributed by atoms with Crippen molar-refractivity contribution in [1.29, 1.82) is 0 Å². The Kier molecular flexibility index (Phi) is 5.31. The fourth-order valence-corrected chi connectivity index (χ4v) is 4.10. The zero-order chi connectivity index (χ0) is 13.9. The van der Waals surface area contributed by atoms with Crippen LogP contribution in [0.3, 0.4) is 0 Å². The van der Waals surface area contributed by atoms with E-state index in [0.717, 1.165) is 18.6 Å². The number of hydrogen-bond acceptors (Lipinski definition) is 2. The maximum absolute atomic E-state index is 6.22. The van der Waals surface area contributed by atoms with Gasteiger partial charge in [0.1, 0.15) is 11.9 Å². The van der Waals surface area contributed by atoms with Crippen molar-refractivity contribution in [3.8, 4) is 5.75 Å². The van der Waals surface area contributed by atoms with Gasteiger partial charge in [-0.3, -0.25) is 0 Å². The Hall–Kier alpha value is -0.0731. The second-order valence-electron chi connectivity index (χ2n) is 6.21. The molecule has 0 aliphatic heterocycles. The van der Waals surface area contributed by atoms with Gasteiger partial charge in [-0.1, -0.05) is 0 Å². The molecule has 0 bridgehead atoms. The standard InChI is InChI=1S/C15H23IO2Si/c1-19(2,3)18-15-6-4-5-14(11-15)17-13-9-7-12(16)8-10-13/h7-10,14-15H,4-6,11H2,1-3H3/t14-,15?/m1/s1. The van der Waals surface area contributed by atoms with Crippen LogP contribution in [-0.2, 0) is 4.43 Å². The molecule has 2 nitrogen and oxygen atoms in total. The topological polar surface area (TPSA) is 18.5 Å². The van der Waals surface area contributed by atoms with Gasteiger partial charge in [-0.25, -0.2) is 0 Å². The molecule has 1 aromatic carbocycles. The molecule has 1 fully saturated rings. The summed E-state index contributed by atoms with van der Waals surface area (Å²) in [6, 6.07) is 8.30. The van der Waals surface area contributed by atoms with Crippen molar-refractivity contribution in [3.63, 3.8) is 0 Å². The summed E-state index contributed by atoms with van der Waals surface area (Å²) in [4.78, 5) is 0. The van der Waals surface area contributed by atoms with Crippen molar-refractivity contribution in [3.05, 3.63) is 27.8 Å². The number of ether oxygens (including phenoxy) is 1. The maximum atomic E-state index is 6.22. The van der Waals surface area contributed by atoms with Crippen LogP contribution in [0.5, 0.6) is 5.75 Å². The molecule has 4 heteroatoms. The fraction of sp³-hybridized carbons (Fsp3) is 0.600. The third-order valence-corrected chi connectivity index (χ3v) is 4.97. The quantitative estimate of drug-likeness (QED) is 0.542. The lowest BCUT2D eigenvalue weighted by Gasteiger charge is -2.33. The van der Waals surface area contributed by atoms with Crippen molar-refractivity contribution in [1.82, 2.24) is 0 Å². The van der Waals surface area contributed by atoms with Crippen molar-refractivity contribution in [2.24, 2.45) is 0 Å². The first kappa shape index (κ1) is 15.3. The van der Waals surface area contributed by atoms with Crippen LogP contribution in [0.1, 0.15) is 25.7 Å². The first-order chi connectivity index (χ1) is 8.92. The largest absolute Gasteiger partial charge is 0.490 e. The van der Waals surface area contributed by atoms with E-state index in [1.165, 1.54) is 16.4 Å². The average Bonchev–Trinajstić information content (AvgIpc) is 2.30. The van der Waals surface area contributed by atoms with Crippen molar-refractivity contribution in [2.75, 3.05) is 0 Å². The molecule has 2 atom stereocenters. The van der Waals surface area contributed by atoms with E-state index in [1.807, 2.05) is 0 Å². The molecule has 1 aliphatic carbocycles. The molecule has 19 heavy (non-hydrogen) atoms. The number of hydrogen-bond donors (Lipinski definition) is 0. The summed E-state index contributed by atoms with van der Waals surface area (Å²) in [6.07, 6.45) is 5.30. The summed E-state index contributed by atoms with van der Waals surface area (Å²) in [5.74, 6) is 0.985. The monoisotopic (exact) mass is 390 g/mol. The summed E-state index contributed by atoms with van der Waals surface area (Å²) in [5, 5.41) is 0. The first-order valence-electron chi connectivity index (χ1n) is 7.02. The van der Waals surface area contributed by atoms with Crippen LogP contribution >= 0.6 is 22.6 Å². The van der Waals surface area contributed by atoms with Crippen LogP contribution in [0.15, 0.2) is 24.3 Å². The minimum absolute atomic E-state index is 0.315. The highest BCUT2D eigenvalue weighted by atomic mass is 127. The van der Waals surface area contributed by atoms with Gasteiger partial charge in [-0.15, -0.1) is 0 Å². The van der Waals surface area contributed by atoms with Gasteiger partial charge in [0.2, 0.25) is 0 Å². The summed E-state index contributed by atoms with van der Waals surface area (Å²) in [5.41, 5.74) is 0. The zero-order valence-corrected chi connectivity index (χ0v) is 15.1. The lowest BCUT2D eigenvalue weighted by Crippen LogP contribution is -2.37. The minimum Gasteiger partial charge on any atom is -0.490 e. The van der Waals surface area contributed by atoms with Crippen molar-refractivity contribution >= 4 is 30.9 Å². The Morgan fingerprint density at radius 2 is 1.68 bits per heavy atom. The van der Waals surface area contributed by atoms with Gasteiger partial charge in [0, 0.05) is 16.1 Å². The maximum Gasteiger partial charge on any atom is 0.184 e. The van der Waals surface area contributed by atoms with E-state index in [4.69, 9.17) is 9.16 Å². The molecule has 1 unspecified atom stereocenters. The van der Waals surface area contributed by atoms with Crippen LogP contribution in [0.25, 0.3) is 0 Å². The van der Waals surface area contributed by atoms with E-state index in [0.29, 0.717) is 12.2 Å².